The number of carboxylic acid groups (broad SMARTS) is 1. The minimum atomic E-state index is -1.07. The van der Waals surface area contributed by atoms with Gasteiger partial charge in [0.2, 0.25) is 0 Å². The zero-order valence-corrected chi connectivity index (χ0v) is 15.3. The van der Waals surface area contributed by atoms with Gasteiger partial charge in [0, 0.05) is 6.42 Å². The van der Waals surface area contributed by atoms with E-state index in [4.69, 9.17) is 21.3 Å². The van der Waals surface area contributed by atoms with Gasteiger partial charge >= 0.3 is 17.9 Å². The second-order valence-electron chi connectivity index (χ2n) is 5.67. The van der Waals surface area contributed by atoms with Crippen LogP contribution in [0.1, 0.15) is 72.1 Å². The highest BCUT2D eigenvalue weighted by molar-refractivity contribution is 5.89. The first-order valence-electron chi connectivity index (χ1n) is 8.76. The zero-order chi connectivity index (χ0) is 19.0. The number of unbranched alkanes of at least 4 members (excludes halogenated alkanes) is 2. The fourth-order valence-electron chi connectivity index (χ4n) is 1.80. The van der Waals surface area contributed by atoms with Crippen molar-refractivity contribution in [2.45, 2.75) is 78.2 Å². The molecule has 0 radical (unpaired) electrons. The number of ether oxygens (including phenoxy) is 1. The summed E-state index contributed by atoms with van der Waals surface area (Å²) in [5, 5.41) is 8.47. The molecule has 7 nitrogen and oxygen atoms in total. The van der Waals surface area contributed by atoms with Crippen LogP contribution in [0.25, 0.3) is 0 Å². The van der Waals surface area contributed by atoms with E-state index in [1.165, 1.54) is 12.8 Å². The molecule has 0 bridgehead atoms. The molecule has 0 aliphatic rings. The lowest BCUT2D eigenvalue weighted by molar-refractivity contribution is -0.164. The average Bonchev–Trinajstić information content (AvgIpc) is 2.54. The van der Waals surface area contributed by atoms with Crippen molar-refractivity contribution in [3.8, 4) is 0 Å². The molecule has 24 heavy (non-hydrogen) atoms. The minimum absolute atomic E-state index is 0.0345. The van der Waals surface area contributed by atoms with E-state index < -0.39 is 23.9 Å². The van der Waals surface area contributed by atoms with Crippen molar-refractivity contribution in [3.05, 3.63) is 0 Å². The zero-order valence-electron chi connectivity index (χ0n) is 15.3. The number of nitrogens with two attached hydrogens (primary N) is 2. The first kappa shape index (κ1) is 24.8. The van der Waals surface area contributed by atoms with Gasteiger partial charge in [-0.2, -0.15) is 0 Å². The topological polar surface area (TPSA) is 133 Å². The van der Waals surface area contributed by atoms with Crippen LogP contribution in [0, 0.1) is 5.92 Å². The van der Waals surface area contributed by atoms with Crippen molar-refractivity contribution in [1.29, 1.82) is 0 Å². The lowest BCUT2D eigenvalue weighted by atomic mass is 10.00. The number of esters is 2. The Morgan fingerprint density at radius 2 is 1.58 bits per heavy atom. The number of rotatable bonds is 11. The molecule has 0 fully saturated rings. The number of hydrogen-bond donors (Lipinski definition) is 3. The number of carbonyl (C=O) groups is 3. The van der Waals surface area contributed by atoms with Gasteiger partial charge in [0.15, 0.2) is 0 Å². The molecule has 2 atom stereocenters. The molecule has 1 unspecified atom stereocenters. The molecule has 142 valence electrons. The number of aliphatic carboxylic acids is 1. The minimum Gasteiger partial charge on any atom is -0.481 e. The summed E-state index contributed by atoms with van der Waals surface area (Å²) in [7, 11) is 0. The second kappa shape index (κ2) is 16.4. The van der Waals surface area contributed by atoms with Crippen LogP contribution in [0.2, 0.25) is 0 Å². The average molecular weight is 346 g/mol. The maximum absolute atomic E-state index is 11.7. The van der Waals surface area contributed by atoms with E-state index in [1.807, 2.05) is 13.8 Å². The first-order chi connectivity index (χ1) is 11.3. The molecule has 0 spiro atoms. The Hall–Kier alpha value is -1.47. The van der Waals surface area contributed by atoms with E-state index in [0.29, 0.717) is 12.8 Å². The summed E-state index contributed by atoms with van der Waals surface area (Å²) in [5.41, 5.74) is 10.6. The number of carbonyl (C=O) groups excluding carboxylic acids is 2. The Balaban J connectivity index is 0. The molecular formula is C17H34N2O5. The Bertz CT molecular complexity index is 359. The molecule has 5 N–H and O–H groups in total. The molecule has 0 saturated carbocycles. The summed E-state index contributed by atoms with van der Waals surface area (Å²) in [6, 6.07) is -1.07. The highest BCUT2D eigenvalue weighted by Gasteiger charge is 2.24. The quantitative estimate of drug-likeness (QED) is 0.386. The van der Waals surface area contributed by atoms with Crippen molar-refractivity contribution in [2.75, 3.05) is 6.54 Å². The summed E-state index contributed by atoms with van der Waals surface area (Å²) >= 11 is 0. The van der Waals surface area contributed by atoms with E-state index in [1.54, 1.807) is 0 Å². The molecule has 0 saturated heterocycles. The smallest absolute Gasteiger partial charge is 0.330 e. The van der Waals surface area contributed by atoms with E-state index >= 15 is 0 Å². The molecule has 0 amide bonds. The highest BCUT2D eigenvalue weighted by Crippen LogP contribution is 2.15. The molecule has 0 aliphatic carbocycles. The fourth-order valence-corrected chi connectivity index (χ4v) is 1.80. The van der Waals surface area contributed by atoms with E-state index in [-0.39, 0.29) is 18.8 Å². The van der Waals surface area contributed by atoms with E-state index in [9.17, 15) is 14.4 Å². The first-order valence-corrected chi connectivity index (χ1v) is 8.76. The molecule has 0 aromatic carbocycles. The predicted octanol–water partition coefficient (Wildman–Crippen LogP) is 2.21. The van der Waals surface area contributed by atoms with Gasteiger partial charge in [-0.3, -0.25) is 9.59 Å². The standard InChI is InChI=1S/C13H23NO5.C4H11N/c1-3-5-6-9(4-2)12(17)19-13(18)10(14)7-8-11(15)16;1-2-3-4-5/h9-10H,3-8,14H2,1-2H3,(H,15,16);2-5H2,1H3/t9?,10-;/m0./s1. The summed E-state index contributed by atoms with van der Waals surface area (Å²) in [5.74, 6) is -2.74. The van der Waals surface area contributed by atoms with E-state index in [2.05, 4.69) is 6.92 Å². The number of hydrogen-bond acceptors (Lipinski definition) is 6. The lowest BCUT2D eigenvalue weighted by Gasteiger charge is -2.14. The lowest BCUT2D eigenvalue weighted by Crippen LogP contribution is -2.35. The Labute approximate surface area is 145 Å². The Kier molecular flexibility index (Phi) is 16.9. The van der Waals surface area contributed by atoms with Crippen molar-refractivity contribution < 1.29 is 24.2 Å². The summed E-state index contributed by atoms with van der Waals surface area (Å²) in [6.45, 7) is 6.85. The van der Waals surface area contributed by atoms with Crippen LogP contribution in [-0.4, -0.2) is 35.6 Å². The molecule has 0 heterocycles. The SMILES string of the molecule is CCCCC(CC)C(=O)OC(=O)[C@@H](N)CCC(=O)O.CCCCN. The summed E-state index contributed by atoms with van der Waals surface area (Å²) in [4.78, 5) is 33.6. The molecule has 7 heteroatoms. The third-order valence-electron chi connectivity index (χ3n) is 3.46. The third-order valence-corrected chi connectivity index (χ3v) is 3.46. The van der Waals surface area contributed by atoms with Gasteiger partial charge in [0.1, 0.15) is 6.04 Å². The van der Waals surface area contributed by atoms with Gasteiger partial charge in [-0.15, -0.1) is 0 Å². The van der Waals surface area contributed by atoms with Crippen LogP contribution in [0.15, 0.2) is 0 Å². The van der Waals surface area contributed by atoms with Crippen LogP contribution < -0.4 is 11.5 Å². The Morgan fingerprint density at radius 1 is 1.00 bits per heavy atom. The molecule has 0 aromatic rings. The van der Waals surface area contributed by atoms with Gasteiger partial charge < -0.3 is 21.3 Å². The second-order valence-corrected chi connectivity index (χ2v) is 5.67. The van der Waals surface area contributed by atoms with Crippen molar-refractivity contribution in [3.63, 3.8) is 0 Å². The maximum atomic E-state index is 11.7. The monoisotopic (exact) mass is 346 g/mol. The van der Waals surface area contributed by atoms with Crippen LogP contribution in [0.3, 0.4) is 0 Å². The van der Waals surface area contributed by atoms with Gasteiger partial charge in [0.25, 0.3) is 0 Å². The van der Waals surface area contributed by atoms with Gasteiger partial charge in [-0.25, -0.2) is 4.79 Å². The largest absolute Gasteiger partial charge is 0.481 e. The van der Waals surface area contributed by atoms with E-state index in [0.717, 1.165) is 19.4 Å². The Morgan fingerprint density at radius 3 is 1.96 bits per heavy atom. The van der Waals surface area contributed by atoms with Gasteiger partial charge in [-0.05, 0) is 32.2 Å². The van der Waals surface area contributed by atoms with Crippen LogP contribution in [-0.2, 0) is 19.1 Å². The maximum Gasteiger partial charge on any atom is 0.330 e. The molecule has 0 aromatic heterocycles. The summed E-state index contributed by atoms with van der Waals surface area (Å²) < 4.78 is 4.70. The fraction of sp³-hybridized carbons (Fsp3) is 0.824. The van der Waals surface area contributed by atoms with Gasteiger partial charge in [0.05, 0.1) is 5.92 Å². The number of carboxylic acids is 1. The predicted molar refractivity (Wildman–Crippen MR) is 93.2 cm³/mol. The molecule has 0 rings (SSSR count). The van der Waals surface area contributed by atoms with Crippen molar-refractivity contribution in [1.82, 2.24) is 0 Å². The highest BCUT2D eigenvalue weighted by atomic mass is 16.6. The van der Waals surface area contributed by atoms with Crippen LogP contribution >= 0.6 is 0 Å². The molecular weight excluding hydrogens is 312 g/mol. The van der Waals surface area contributed by atoms with Crippen LogP contribution in [0.4, 0.5) is 0 Å². The van der Waals surface area contributed by atoms with Crippen LogP contribution in [0.5, 0.6) is 0 Å². The normalized spacial score (nSPS) is 12.5. The third kappa shape index (κ3) is 14.1. The van der Waals surface area contributed by atoms with Crippen molar-refractivity contribution in [2.24, 2.45) is 17.4 Å². The molecule has 0 aliphatic heterocycles. The van der Waals surface area contributed by atoms with Crippen molar-refractivity contribution >= 4 is 17.9 Å². The summed E-state index contributed by atoms with van der Waals surface area (Å²) in [6.07, 6.45) is 5.28. The van der Waals surface area contributed by atoms with Gasteiger partial charge in [-0.1, -0.05) is 40.0 Å².